The summed E-state index contributed by atoms with van der Waals surface area (Å²) in [6.45, 7) is 1.66. The number of halogens is 2. The van der Waals surface area contributed by atoms with Gasteiger partial charge in [-0.1, -0.05) is 59.2 Å². The minimum absolute atomic E-state index is 0.0242. The fourth-order valence-electron chi connectivity index (χ4n) is 3.47. The van der Waals surface area contributed by atoms with Crippen LogP contribution in [0.15, 0.2) is 53.7 Å². The number of hydrogen-bond acceptors (Lipinski definition) is 5. The van der Waals surface area contributed by atoms with E-state index in [9.17, 15) is 9.90 Å². The van der Waals surface area contributed by atoms with E-state index < -0.39 is 5.60 Å². The zero-order chi connectivity index (χ0) is 21.3. The fraction of sp³-hybridized carbons (Fsp3) is 0.273. The van der Waals surface area contributed by atoms with Crippen LogP contribution >= 0.6 is 35.0 Å². The molecule has 1 aliphatic rings. The third-order valence-electron chi connectivity index (χ3n) is 4.83. The van der Waals surface area contributed by atoms with Crippen LogP contribution in [0, 0.1) is 0 Å². The molecule has 1 aliphatic heterocycles. The molecule has 2 atom stereocenters. The number of hydrogen-bond donors (Lipinski definition) is 2. The number of aromatic nitrogens is 2. The van der Waals surface area contributed by atoms with Gasteiger partial charge < -0.3 is 14.8 Å². The third-order valence-corrected chi connectivity index (χ3v) is 6.34. The summed E-state index contributed by atoms with van der Waals surface area (Å²) < 4.78 is 5.39. The average Bonchev–Trinajstić information content (AvgIpc) is 3.10. The molecule has 4 rings (SSSR count). The van der Waals surface area contributed by atoms with Gasteiger partial charge in [-0.25, -0.2) is 4.98 Å². The second kappa shape index (κ2) is 8.63. The number of imidazole rings is 1. The molecule has 0 radical (unpaired) electrons. The van der Waals surface area contributed by atoms with Crippen molar-refractivity contribution in [2.45, 2.75) is 36.6 Å². The Bertz CT molecular complexity index is 986. The van der Waals surface area contributed by atoms with E-state index in [2.05, 4.69) is 4.98 Å². The number of aromatic amines is 1. The molecule has 0 unspecified atom stereocenters. The van der Waals surface area contributed by atoms with E-state index in [0.717, 1.165) is 22.5 Å². The van der Waals surface area contributed by atoms with Gasteiger partial charge in [0.1, 0.15) is 6.10 Å². The number of cyclic esters (lactones) is 1. The molecule has 5 nitrogen and oxygen atoms in total. The Balaban J connectivity index is 1.61. The van der Waals surface area contributed by atoms with Gasteiger partial charge in [-0.2, -0.15) is 0 Å². The Morgan fingerprint density at radius 2 is 1.73 bits per heavy atom. The monoisotopic (exact) mass is 462 g/mol. The summed E-state index contributed by atoms with van der Waals surface area (Å²) in [5, 5.41) is 12.3. The standard InChI is InChI=1S/C22H20Cl2N2O3S/c1-22(28)10-17(29-18(27)11-22)12-30-21-25-19(13-2-6-15(23)7-3-13)20(26-21)14-4-8-16(24)9-5-14/h2-9,17,28H,10-12H2,1H3,(H,25,26)/t17-,22+/m1/s1. The number of esters is 1. The van der Waals surface area contributed by atoms with Gasteiger partial charge >= 0.3 is 5.97 Å². The molecule has 3 aromatic rings. The van der Waals surface area contributed by atoms with E-state index in [0.29, 0.717) is 27.4 Å². The maximum Gasteiger partial charge on any atom is 0.309 e. The summed E-state index contributed by atoms with van der Waals surface area (Å²) in [5.41, 5.74) is 2.51. The van der Waals surface area contributed by atoms with Crippen LogP contribution in [0.25, 0.3) is 22.5 Å². The molecule has 156 valence electrons. The molecule has 2 N–H and O–H groups in total. The smallest absolute Gasteiger partial charge is 0.309 e. The number of rotatable bonds is 5. The van der Waals surface area contributed by atoms with Gasteiger partial charge in [0.05, 0.1) is 23.4 Å². The van der Waals surface area contributed by atoms with Gasteiger partial charge in [0, 0.05) is 33.3 Å². The lowest BCUT2D eigenvalue weighted by Crippen LogP contribution is -2.41. The van der Waals surface area contributed by atoms with E-state index in [1.165, 1.54) is 11.8 Å². The molecule has 8 heteroatoms. The number of H-pyrrole nitrogens is 1. The topological polar surface area (TPSA) is 75.2 Å². The highest BCUT2D eigenvalue weighted by molar-refractivity contribution is 7.99. The summed E-state index contributed by atoms with van der Waals surface area (Å²) in [6.07, 6.45) is 0.0611. The number of benzene rings is 2. The number of ether oxygens (including phenoxy) is 1. The van der Waals surface area contributed by atoms with Crippen LogP contribution in [0.2, 0.25) is 10.0 Å². The zero-order valence-corrected chi connectivity index (χ0v) is 18.5. The Labute approximate surface area is 188 Å². The van der Waals surface area contributed by atoms with Crippen molar-refractivity contribution in [1.82, 2.24) is 9.97 Å². The molecule has 0 bridgehead atoms. The molecule has 1 aromatic heterocycles. The van der Waals surface area contributed by atoms with Crippen molar-refractivity contribution in [1.29, 1.82) is 0 Å². The van der Waals surface area contributed by atoms with Crippen LogP contribution < -0.4 is 0 Å². The van der Waals surface area contributed by atoms with Crippen molar-refractivity contribution in [2.24, 2.45) is 0 Å². The number of thioether (sulfide) groups is 1. The highest BCUT2D eigenvalue weighted by Gasteiger charge is 2.36. The van der Waals surface area contributed by atoms with Gasteiger partial charge in [-0.3, -0.25) is 4.79 Å². The normalized spacial score (nSPS) is 21.5. The van der Waals surface area contributed by atoms with Gasteiger partial charge in [0.2, 0.25) is 0 Å². The van der Waals surface area contributed by atoms with Gasteiger partial charge in [-0.05, 0) is 31.2 Å². The van der Waals surface area contributed by atoms with Crippen LogP contribution in [0.5, 0.6) is 0 Å². The van der Waals surface area contributed by atoms with Crippen molar-refractivity contribution < 1.29 is 14.6 Å². The lowest BCUT2D eigenvalue weighted by molar-refractivity contribution is -0.165. The Morgan fingerprint density at radius 1 is 1.13 bits per heavy atom. The molecule has 30 heavy (non-hydrogen) atoms. The minimum atomic E-state index is -1.04. The molecule has 1 fully saturated rings. The highest BCUT2D eigenvalue weighted by atomic mass is 35.5. The summed E-state index contributed by atoms with van der Waals surface area (Å²) in [5.74, 6) is 0.121. The fourth-order valence-corrected chi connectivity index (χ4v) is 4.58. The Hall–Kier alpha value is -1.99. The Morgan fingerprint density at radius 3 is 2.33 bits per heavy atom. The molecule has 0 saturated carbocycles. The average molecular weight is 463 g/mol. The molecular weight excluding hydrogens is 443 g/mol. The molecule has 2 aromatic carbocycles. The zero-order valence-electron chi connectivity index (χ0n) is 16.2. The largest absolute Gasteiger partial charge is 0.461 e. The molecule has 0 spiro atoms. The maximum atomic E-state index is 11.7. The Kier molecular flexibility index (Phi) is 6.11. The number of carbonyl (C=O) groups is 1. The summed E-state index contributed by atoms with van der Waals surface area (Å²) in [4.78, 5) is 19.9. The SMILES string of the molecule is C[C@@]1(O)CC(=O)O[C@@H](CSc2nc(-c3ccc(Cl)cc3)c(-c3ccc(Cl)cc3)[nH]2)C1. The molecule has 2 heterocycles. The van der Waals surface area contributed by atoms with Crippen molar-refractivity contribution >= 4 is 40.9 Å². The lowest BCUT2D eigenvalue weighted by Gasteiger charge is -2.32. The summed E-state index contributed by atoms with van der Waals surface area (Å²) in [7, 11) is 0. The van der Waals surface area contributed by atoms with E-state index in [4.69, 9.17) is 32.9 Å². The molecule has 0 amide bonds. The maximum absolute atomic E-state index is 11.7. The first kappa shape index (κ1) is 21.2. The second-order valence-corrected chi connectivity index (χ2v) is 9.46. The van der Waals surface area contributed by atoms with Gasteiger partial charge in [0.25, 0.3) is 0 Å². The minimum Gasteiger partial charge on any atom is -0.461 e. The first-order chi connectivity index (χ1) is 14.3. The van der Waals surface area contributed by atoms with Crippen LogP contribution in [0.3, 0.4) is 0 Å². The number of carbonyl (C=O) groups excluding carboxylic acids is 1. The van der Waals surface area contributed by atoms with Gasteiger partial charge in [0.15, 0.2) is 5.16 Å². The predicted octanol–water partition coefficient (Wildman–Crippen LogP) is 5.60. The molecule has 1 saturated heterocycles. The van der Waals surface area contributed by atoms with Crippen LogP contribution in [0.4, 0.5) is 0 Å². The number of nitrogens with one attached hydrogen (secondary N) is 1. The lowest BCUT2D eigenvalue weighted by atomic mass is 9.93. The highest BCUT2D eigenvalue weighted by Crippen LogP contribution is 2.35. The number of nitrogens with zero attached hydrogens (tertiary/aromatic N) is 1. The van der Waals surface area contributed by atoms with Crippen molar-refractivity contribution in [2.75, 3.05) is 5.75 Å². The van der Waals surface area contributed by atoms with Crippen molar-refractivity contribution in [3.63, 3.8) is 0 Å². The van der Waals surface area contributed by atoms with Crippen molar-refractivity contribution in [3.05, 3.63) is 58.6 Å². The van der Waals surface area contributed by atoms with E-state index >= 15 is 0 Å². The second-order valence-electron chi connectivity index (χ2n) is 7.58. The van der Waals surface area contributed by atoms with E-state index in [-0.39, 0.29) is 18.5 Å². The number of aliphatic hydroxyl groups is 1. The molecular formula is C22H20Cl2N2O3S. The third kappa shape index (κ3) is 5.01. The van der Waals surface area contributed by atoms with Gasteiger partial charge in [-0.15, -0.1) is 0 Å². The first-order valence-electron chi connectivity index (χ1n) is 9.46. The van der Waals surface area contributed by atoms with Crippen LogP contribution in [-0.2, 0) is 9.53 Å². The van der Waals surface area contributed by atoms with E-state index in [1.54, 1.807) is 6.92 Å². The summed E-state index contributed by atoms with van der Waals surface area (Å²) in [6, 6.07) is 15.0. The quantitative estimate of drug-likeness (QED) is 0.381. The first-order valence-corrected chi connectivity index (χ1v) is 11.2. The predicted molar refractivity (Wildman–Crippen MR) is 120 cm³/mol. The van der Waals surface area contributed by atoms with Crippen LogP contribution in [-0.4, -0.2) is 38.5 Å². The van der Waals surface area contributed by atoms with Crippen molar-refractivity contribution in [3.8, 4) is 22.5 Å². The molecule has 0 aliphatic carbocycles. The van der Waals surface area contributed by atoms with Crippen LogP contribution in [0.1, 0.15) is 19.8 Å². The van der Waals surface area contributed by atoms with E-state index in [1.807, 2.05) is 48.5 Å². The summed E-state index contributed by atoms with van der Waals surface area (Å²) >= 11 is 13.5.